The number of benzene rings is 1. The van der Waals surface area contributed by atoms with Crippen LogP contribution in [0.2, 0.25) is 0 Å². The van der Waals surface area contributed by atoms with Gasteiger partial charge in [0.15, 0.2) is 0 Å². The van der Waals surface area contributed by atoms with E-state index in [9.17, 15) is 8.42 Å². The highest BCUT2D eigenvalue weighted by Crippen LogP contribution is 2.22. The lowest BCUT2D eigenvalue weighted by Gasteiger charge is -2.22. The van der Waals surface area contributed by atoms with Crippen LogP contribution in [0.4, 0.5) is 11.5 Å². The molecule has 1 heterocycles. The molecule has 0 aliphatic rings. The minimum Gasteiger partial charge on any atom is -0.382 e. The molecule has 0 aliphatic carbocycles. The lowest BCUT2D eigenvalue weighted by atomic mass is 10.3. The third kappa shape index (κ3) is 5.17. The Morgan fingerprint density at radius 1 is 1.12 bits per heavy atom. The second-order valence-electron chi connectivity index (χ2n) is 5.42. The van der Waals surface area contributed by atoms with Gasteiger partial charge in [0, 0.05) is 25.6 Å². The predicted molar refractivity (Wildman–Crippen MR) is 99.2 cm³/mol. The Bertz CT molecular complexity index is 734. The van der Waals surface area contributed by atoms with Gasteiger partial charge < -0.3 is 4.74 Å². The van der Waals surface area contributed by atoms with E-state index >= 15 is 0 Å². The summed E-state index contributed by atoms with van der Waals surface area (Å²) in [6.07, 6.45) is 2.41. The monoisotopic (exact) mass is 364 g/mol. The zero-order chi connectivity index (χ0) is 18.1. The van der Waals surface area contributed by atoms with E-state index in [1.165, 1.54) is 10.5 Å². The van der Waals surface area contributed by atoms with E-state index in [1.54, 1.807) is 24.3 Å². The number of H-pyrrole nitrogens is 1. The number of pyridine rings is 1. The maximum Gasteiger partial charge on any atom is 0.272 e. The fourth-order valence-corrected chi connectivity index (χ4v) is 3.88. The van der Waals surface area contributed by atoms with Crippen LogP contribution in [0.25, 0.3) is 0 Å². The van der Waals surface area contributed by atoms with Crippen molar-refractivity contribution < 1.29 is 18.1 Å². The fourth-order valence-electron chi connectivity index (χ4n) is 2.44. The number of rotatable bonds is 10. The molecule has 0 bridgehead atoms. The molecule has 2 N–H and O–H groups in total. The number of sulfonamides is 1. The Kier molecular flexibility index (Phi) is 7.21. The summed E-state index contributed by atoms with van der Waals surface area (Å²) in [6.45, 7) is 6.34. The molecule has 0 unspecified atom stereocenters. The second kappa shape index (κ2) is 9.39. The van der Waals surface area contributed by atoms with Crippen molar-refractivity contribution in [2.24, 2.45) is 0 Å². The number of ether oxygens (including phenoxy) is 1. The van der Waals surface area contributed by atoms with Crippen molar-refractivity contribution in [3.05, 3.63) is 48.7 Å². The van der Waals surface area contributed by atoms with Crippen molar-refractivity contribution in [1.29, 1.82) is 0 Å². The van der Waals surface area contributed by atoms with E-state index in [0.29, 0.717) is 25.4 Å². The highest BCUT2D eigenvalue weighted by molar-refractivity contribution is 7.92. The van der Waals surface area contributed by atoms with Gasteiger partial charge in [-0.15, -0.1) is 0 Å². The maximum absolute atomic E-state index is 12.9. The summed E-state index contributed by atoms with van der Waals surface area (Å²) >= 11 is 0. The summed E-state index contributed by atoms with van der Waals surface area (Å²) in [5.74, 6) is 0.776. The molecule has 0 aliphatic heterocycles. The van der Waals surface area contributed by atoms with Crippen molar-refractivity contribution in [3.8, 4) is 0 Å². The standard InChI is InChI=1S/C18H25N3O3S/c1-3-21(16-9-6-5-7-10-16)25(22,23)17-11-12-18(20-15-17)19-13-8-14-24-4-2/h5-7,9-12,15H,3-4,8,13-14H2,1-2H3,(H,19,20)/p+1. The van der Waals surface area contributed by atoms with Crippen LogP contribution in [0.1, 0.15) is 20.3 Å². The molecule has 136 valence electrons. The third-order valence-corrected chi connectivity index (χ3v) is 5.59. The van der Waals surface area contributed by atoms with Crippen molar-refractivity contribution in [2.45, 2.75) is 25.2 Å². The SMILES string of the molecule is CCOCCCNc1ccc(S(=O)(=O)N(CC)c2ccccc2)c[nH+]1. The molecule has 2 rings (SSSR count). The van der Waals surface area contributed by atoms with Gasteiger partial charge in [-0.3, -0.25) is 9.62 Å². The van der Waals surface area contributed by atoms with Gasteiger partial charge in [-0.05, 0) is 32.0 Å². The van der Waals surface area contributed by atoms with Gasteiger partial charge in [-0.2, -0.15) is 0 Å². The van der Waals surface area contributed by atoms with E-state index in [1.807, 2.05) is 32.0 Å². The van der Waals surface area contributed by atoms with Gasteiger partial charge in [0.05, 0.1) is 18.8 Å². The quantitative estimate of drug-likeness (QED) is 0.658. The minimum atomic E-state index is -3.60. The first-order valence-electron chi connectivity index (χ1n) is 8.50. The minimum absolute atomic E-state index is 0.234. The fraction of sp³-hybridized carbons (Fsp3) is 0.389. The molecular formula is C18H26N3O3S+. The maximum atomic E-state index is 12.9. The number of aromatic amines is 1. The number of hydrogen-bond donors (Lipinski definition) is 1. The molecule has 7 heteroatoms. The summed E-state index contributed by atoms with van der Waals surface area (Å²) in [4.78, 5) is 3.24. The molecule has 0 saturated heterocycles. The zero-order valence-electron chi connectivity index (χ0n) is 14.7. The van der Waals surface area contributed by atoms with Crippen LogP contribution in [-0.2, 0) is 14.8 Å². The third-order valence-electron chi connectivity index (χ3n) is 3.69. The first kappa shape index (κ1) is 19.2. The Morgan fingerprint density at radius 3 is 2.48 bits per heavy atom. The van der Waals surface area contributed by atoms with Gasteiger partial charge in [0.25, 0.3) is 15.8 Å². The van der Waals surface area contributed by atoms with Crippen molar-refractivity contribution in [2.75, 3.05) is 35.9 Å². The molecule has 1 aromatic heterocycles. The summed E-state index contributed by atoms with van der Waals surface area (Å²) in [5, 5.41) is 3.21. The molecule has 0 radical (unpaired) electrons. The van der Waals surface area contributed by atoms with E-state index < -0.39 is 10.0 Å². The second-order valence-corrected chi connectivity index (χ2v) is 7.28. The molecule has 0 amide bonds. The number of hydrogen-bond acceptors (Lipinski definition) is 4. The van der Waals surface area contributed by atoms with Crippen molar-refractivity contribution in [1.82, 2.24) is 0 Å². The summed E-state index contributed by atoms with van der Waals surface area (Å²) < 4.78 is 32.4. The largest absolute Gasteiger partial charge is 0.382 e. The van der Waals surface area contributed by atoms with E-state index in [-0.39, 0.29) is 4.90 Å². The Morgan fingerprint density at radius 2 is 1.88 bits per heavy atom. The van der Waals surface area contributed by atoms with E-state index in [2.05, 4.69) is 10.3 Å². The van der Waals surface area contributed by atoms with Crippen LogP contribution in [0.3, 0.4) is 0 Å². The van der Waals surface area contributed by atoms with Gasteiger partial charge in [0.1, 0.15) is 11.1 Å². The molecule has 0 fully saturated rings. The topological polar surface area (TPSA) is 72.8 Å². The number of para-hydroxylation sites is 1. The van der Waals surface area contributed by atoms with E-state index in [4.69, 9.17) is 4.74 Å². The van der Waals surface area contributed by atoms with Crippen LogP contribution < -0.4 is 14.6 Å². The smallest absolute Gasteiger partial charge is 0.272 e. The Labute approximate surface area is 149 Å². The predicted octanol–water partition coefficient (Wildman–Crippen LogP) is 2.55. The first-order chi connectivity index (χ1) is 12.1. The number of anilines is 2. The normalized spacial score (nSPS) is 11.3. The zero-order valence-corrected chi connectivity index (χ0v) is 15.6. The van der Waals surface area contributed by atoms with Crippen LogP contribution in [-0.4, -0.2) is 34.7 Å². The highest BCUT2D eigenvalue weighted by atomic mass is 32.2. The summed E-state index contributed by atoms with van der Waals surface area (Å²) in [6, 6.07) is 12.5. The van der Waals surface area contributed by atoms with Crippen molar-refractivity contribution >= 4 is 21.5 Å². The molecular weight excluding hydrogens is 338 g/mol. The summed E-state index contributed by atoms with van der Waals surface area (Å²) in [5.41, 5.74) is 0.656. The lowest BCUT2D eigenvalue weighted by Crippen LogP contribution is -2.31. The molecule has 2 aromatic rings. The molecule has 0 atom stereocenters. The average Bonchev–Trinajstić information content (AvgIpc) is 2.63. The lowest BCUT2D eigenvalue weighted by molar-refractivity contribution is -0.364. The van der Waals surface area contributed by atoms with Crippen LogP contribution >= 0.6 is 0 Å². The average molecular weight is 364 g/mol. The van der Waals surface area contributed by atoms with Gasteiger partial charge >= 0.3 is 0 Å². The van der Waals surface area contributed by atoms with Gasteiger partial charge in [-0.1, -0.05) is 18.2 Å². The van der Waals surface area contributed by atoms with Crippen LogP contribution in [0.5, 0.6) is 0 Å². The highest BCUT2D eigenvalue weighted by Gasteiger charge is 2.24. The number of aromatic nitrogens is 1. The molecule has 6 nitrogen and oxygen atoms in total. The van der Waals surface area contributed by atoms with E-state index in [0.717, 1.165) is 18.8 Å². The van der Waals surface area contributed by atoms with Crippen molar-refractivity contribution in [3.63, 3.8) is 0 Å². The molecule has 0 spiro atoms. The van der Waals surface area contributed by atoms with Gasteiger partial charge in [0.2, 0.25) is 0 Å². The Hall–Kier alpha value is -2.12. The first-order valence-corrected chi connectivity index (χ1v) is 9.94. The Balaban J connectivity index is 2.06. The molecule has 1 aromatic carbocycles. The molecule has 0 saturated carbocycles. The molecule has 25 heavy (non-hydrogen) atoms. The number of nitrogens with one attached hydrogen (secondary N) is 2. The van der Waals surface area contributed by atoms with Crippen LogP contribution in [0.15, 0.2) is 53.6 Å². The van der Waals surface area contributed by atoms with Gasteiger partial charge in [-0.25, -0.2) is 13.4 Å². The number of nitrogens with zero attached hydrogens (tertiary/aromatic N) is 1. The van der Waals surface area contributed by atoms with Crippen LogP contribution in [0, 0.1) is 0 Å². The summed E-state index contributed by atoms with van der Waals surface area (Å²) in [7, 11) is -3.60.